The Hall–Kier alpha value is 0.0949. The van der Waals surface area contributed by atoms with Crippen molar-refractivity contribution in [3.63, 3.8) is 0 Å². The van der Waals surface area contributed by atoms with Crippen LogP contribution in [0.5, 0.6) is 0 Å². The summed E-state index contributed by atoms with van der Waals surface area (Å²) in [6, 6.07) is -1.57. The summed E-state index contributed by atoms with van der Waals surface area (Å²) in [5.41, 5.74) is 0. The summed E-state index contributed by atoms with van der Waals surface area (Å²) in [6.07, 6.45) is -29.9. The highest BCUT2D eigenvalue weighted by atomic mass is 31.2. The zero-order valence-electron chi connectivity index (χ0n) is 39.1. The molecule has 73 heavy (non-hydrogen) atoms. The van der Waals surface area contributed by atoms with Crippen LogP contribution >= 0.6 is 39.1 Å². The Balaban J connectivity index is 0.951. The quantitative estimate of drug-likeness (QED) is 0.0295. The summed E-state index contributed by atoms with van der Waals surface area (Å²) in [7, 11) is -20.0. The van der Waals surface area contributed by atoms with Gasteiger partial charge < -0.3 is 88.6 Å². The van der Waals surface area contributed by atoms with E-state index in [1.807, 2.05) is 0 Å². The second-order valence-corrected chi connectivity index (χ2v) is 24.8. The van der Waals surface area contributed by atoms with Gasteiger partial charge in [0.25, 0.3) is 0 Å². The van der Waals surface area contributed by atoms with Crippen molar-refractivity contribution in [2.24, 2.45) is 0 Å². The molecule has 12 N–H and O–H groups in total. The molecule has 0 saturated carbocycles. The molecular weight excluding hydrogens is 1100 g/mol. The molecule has 424 valence electrons. The summed E-state index contributed by atoms with van der Waals surface area (Å²) in [4.78, 5) is 52.4. The summed E-state index contributed by atoms with van der Waals surface area (Å²) in [6.45, 7) is 0.387. The van der Waals surface area contributed by atoms with E-state index in [4.69, 9.17) is 81.5 Å². The Bertz CT molecular complexity index is 2070. The smallest absolute Gasteiger partial charge is 0.394 e. The molecule has 27 atom stereocenters. The maximum atomic E-state index is 13.1. The van der Waals surface area contributed by atoms with Crippen LogP contribution in [0.4, 0.5) is 0 Å². The van der Waals surface area contributed by atoms with E-state index in [0.29, 0.717) is 0 Å². The molecule has 33 nitrogen and oxygen atoms in total. The van der Waals surface area contributed by atoms with E-state index in [1.54, 1.807) is 0 Å². The van der Waals surface area contributed by atoms with Crippen molar-refractivity contribution < 1.29 is 157 Å². The van der Waals surface area contributed by atoms with E-state index in [1.165, 1.54) is 27.7 Å². The number of aliphatic hydroxyl groups excluding tert-OH is 7. The van der Waals surface area contributed by atoms with Gasteiger partial charge in [0.2, 0.25) is 0 Å². The van der Waals surface area contributed by atoms with Gasteiger partial charge in [-0.2, -0.15) is 0 Å². The van der Waals surface area contributed by atoms with Crippen LogP contribution in [0.3, 0.4) is 0 Å². The van der Waals surface area contributed by atoms with E-state index in [-0.39, 0.29) is 13.0 Å². The summed E-state index contributed by atoms with van der Waals surface area (Å²) in [5, 5.41) is 71.7. The molecule has 0 bridgehead atoms. The van der Waals surface area contributed by atoms with Gasteiger partial charge in [0.15, 0.2) is 0 Å². The zero-order valence-corrected chi connectivity index (χ0v) is 43.6. The molecule has 6 saturated heterocycles. The van der Waals surface area contributed by atoms with Gasteiger partial charge >= 0.3 is 39.1 Å². The Morgan fingerprint density at radius 1 is 0.425 bits per heavy atom. The third-order valence-corrected chi connectivity index (χ3v) is 17.3. The Kier molecular flexibility index (Phi) is 21.6. The van der Waals surface area contributed by atoms with Gasteiger partial charge in [-0.1, -0.05) is 0 Å². The normalized spacial score (nSPS) is 45.2. The third-order valence-electron chi connectivity index (χ3n) is 12.3. The van der Waals surface area contributed by atoms with Gasteiger partial charge in [-0.3, -0.25) is 45.2 Å². The zero-order chi connectivity index (χ0) is 54.2. The first kappa shape index (κ1) is 62.3. The molecule has 0 aromatic heterocycles. The molecule has 6 heterocycles. The summed E-state index contributed by atoms with van der Waals surface area (Å²) < 4.78 is 147. The maximum absolute atomic E-state index is 13.1. The average molecular weight is 1160 g/mol. The van der Waals surface area contributed by atoms with E-state index in [0.717, 1.165) is 0 Å². The van der Waals surface area contributed by atoms with Crippen molar-refractivity contribution in [1.29, 1.82) is 0 Å². The van der Waals surface area contributed by atoms with Crippen molar-refractivity contribution in [3.8, 4) is 0 Å². The van der Waals surface area contributed by atoms with Crippen molar-refractivity contribution in [3.05, 3.63) is 0 Å². The molecule has 0 spiro atoms. The number of rotatable bonds is 26. The molecule has 6 fully saturated rings. The minimum Gasteiger partial charge on any atom is -0.394 e. The lowest BCUT2D eigenvalue weighted by atomic mass is 9.93. The van der Waals surface area contributed by atoms with Crippen LogP contribution in [0.15, 0.2) is 0 Å². The fourth-order valence-corrected chi connectivity index (χ4v) is 13.2. The molecule has 2 radical (unpaired) electrons. The Morgan fingerprint density at radius 3 is 1.26 bits per heavy atom. The Labute approximate surface area is 417 Å². The minimum absolute atomic E-state index is 0.107. The lowest BCUT2D eigenvalue weighted by molar-refractivity contribution is -0.0436. The first-order valence-corrected chi connectivity index (χ1v) is 29.9. The highest BCUT2D eigenvalue weighted by molar-refractivity contribution is 7.48. The third kappa shape index (κ3) is 16.4. The number of aliphatic hydroxyl groups is 7. The minimum atomic E-state index is -5.25. The predicted octanol–water partition coefficient (Wildman–Crippen LogP) is -3.51. The van der Waals surface area contributed by atoms with Crippen LogP contribution in [0.1, 0.15) is 34.1 Å². The largest absolute Gasteiger partial charge is 0.472 e. The average Bonchev–Trinajstić information content (AvgIpc) is 4.11. The van der Waals surface area contributed by atoms with E-state index in [2.05, 4.69) is 0 Å². The molecule has 6 aliphatic rings. The molecule has 6 rings (SSSR count). The van der Waals surface area contributed by atoms with Crippen molar-refractivity contribution in [2.75, 3.05) is 46.2 Å². The molecule has 0 aliphatic carbocycles. The SMILES string of the molecule is [B][C@@H]1OC(COP(=O)(O)O[C@H]2C(CO)O[C@@H](C)C2O)[C@H](OP(=O)(O)OCC2OCC[C@H]2OP(=O)(O)OCC2O[C@@H](C)C(O)[C@H]2OP(=O)(O)OCC2O[C@@H](C)C(OP(=O)(O)OCC3O[C@@H](C)C(O)[C@H]3O)[C@H]2O)C1O. The van der Waals surface area contributed by atoms with Gasteiger partial charge in [0.1, 0.15) is 112 Å². The lowest BCUT2D eigenvalue weighted by Crippen LogP contribution is -2.38. The van der Waals surface area contributed by atoms with Crippen LogP contribution < -0.4 is 0 Å². The number of ether oxygens (including phenoxy) is 6. The molecule has 0 amide bonds. The van der Waals surface area contributed by atoms with Gasteiger partial charge in [-0.25, -0.2) is 22.8 Å². The molecule has 16 unspecified atom stereocenters. The van der Waals surface area contributed by atoms with Crippen molar-refractivity contribution >= 4 is 47.0 Å². The molecule has 39 heteroatoms. The first-order chi connectivity index (χ1) is 33.8. The molecule has 0 aromatic rings. The number of phosphoric acid groups is 5. The topological polar surface area (TPSA) is 476 Å². The second-order valence-electron chi connectivity index (χ2n) is 17.7. The van der Waals surface area contributed by atoms with E-state index >= 15 is 0 Å². The molecular formula is C34H62BO33P5. The molecule has 6 aliphatic heterocycles. The van der Waals surface area contributed by atoms with Crippen molar-refractivity contribution in [2.45, 2.75) is 168 Å². The maximum Gasteiger partial charge on any atom is 0.472 e. The van der Waals surface area contributed by atoms with Gasteiger partial charge in [-0.05, 0) is 27.7 Å². The summed E-state index contributed by atoms with van der Waals surface area (Å²) >= 11 is 0. The van der Waals surface area contributed by atoms with E-state index in [9.17, 15) is 83.0 Å². The predicted molar refractivity (Wildman–Crippen MR) is 232 cm³/mol. The highest BCUT2D eigenvalue weighted by Gasteiger charge is 2.53. The summed E-state index contributed by atoms with van der Waals surface area (Å²) in [5.74, 6) is 0. The monoisotopic (exact) mass is 1160 g/mol. The van der Waals surface area contributed by atoms with Gasteiger partial charge in [0.05, 0.1) is 64.1 Å². The van der Waals surface area contributed by atoms with Gasteiger partial charge in [-0.15, -0.1) is 0 Å². The molecule has 0 aromatic carbocycles. The number of hydrogen-bond donors (Lipinski definition) is 12. The standard InChI is InChI=1S/C34H62BO33P5/c1-13-24(37)27(40)20(60-13)9-55-70(45,46)65-30-16(4)62-21(28(30)41)10-56-72(49,50)67-32-22(61-15(3)26(32)39)11-57-69(43,44)64-17-5-6-53-19(17)8-54-71(47,48)68-33-23(63-34(35)29(33)42)12-58-73(51,52)66-31-18(7-36)59-14(2)25(31)38/h13-34,36-42H,5-12H2,1-4H3,(H,43,44)(H,45,46)(H,47,48)(H,49,50)(H,51,52)/t13-,14-,15-,16-,17+,18?,19?,20?,21?,22?,23?,24?,25?,26?,27-,28-,29?,30?,31-,32-,33-,34+/m0/s1. The van der Waals surface area contributed by atoms with Crippen LogP contribution in [0.2, 0.25) is 0 Å². The first-order valence-electron chi connectivity index (χ1n) is 22.4. The number of phosphoric ester groups is 5. The fraction of sp³-hybridized carbons (Fsp3) is 1.00. The second kappa shape index (κ2) is 25.3. The number of hydrogen-bond acceptors (Lipinski definition) is 28. The van der Waals surface area contributed by atoms with Crippen LogP contribution in [-0.2, 0) is 96.5 Å². The van der Waals surface area contributed by atoms with Crippen molar-refractivity contribution in [1.82, 2.24) is 0 Å². The van der Waals surface area contributed by atoms with Crippen LogP contribution in [-0.4, -0.2) is 248 Å². The van der Waals surface area contributed by atoms with Crippen LogP contribution in [0.25, 0.3) is 0 Å². The van der Waals surface area contributed by atoms with Gasteiger partial charge in [0, 0.05) is 19.0 Å². The van der Waals surface area contributed by atoms with E-state index < -0.39 is 213 Å². The van der Waals surface area contributed by atoms with Crippen LogP contribution in [0, 0.1) is 0 Å². The fourth-order valence-electron chi connectivity index (χ4n) is 8.38. The lowest BCUT2D eigenvalue weighted by Gasteiger charge is -2.27. The Morgan fingerprint density at radius 2 is 0.781 bits per heavy atom. The highest BCUT2D eigenvalue weighted by Crippen LogP contribution is 2.54.